The first-order chi connectivity index (χ1) is 11.1. The van der Waals surface area contributed by atoms with E-state index in [0.717, 1.165) is 31.2 Å². The minimum Gasteiger partial charge on any atom is -0.352 e. The molecule has 0 aromatic heterocycles. The fourth-order valence-electron chi connectivity index (χ4n) is 3.03. The third kappa shape index (κ3) is 5.38. The van der Waals surface area contributed by atoms with Crippen molar-refractivity contribution in [1.29, 1.82) is 0 Å². The Morgan fingerprint density at radius 1 is 1.26 bits per heavy atom. The molecule has 126 valence electrons. The molecular formula is C19H28N2O2. The highest BCUT2D eigenvalue weighted by Crippen LogP contribution is 2.18. The van der Waals surface area contributed by atoms with E-state index in [2.05, 4.69) is 31.3 Å². The van der Waals surface area contributed by atoms with Crippen molar-refractivity contribution in [3.63, 3.8) is 0 Å². The van der Waals surface area contributed by atoms with Gasteiger partial charge in [-0.2, -0.15) is 0 Å². The molecule has 0 saturated carbocycles. The van der Waals surface area contributed by atoms with Crippen LogP contribution in [0.25, 0.3) is 0 Å². The second-order valence-electron chi connectivity index (χ2n) is 6.47. The predicted octanol–water partition coefficient (Wildman–Crippen LogP) is 3.04. The minimum absolute atomic E-state index is 0.0371. The van der Waals surface area contributed by atoms with E-state index in [9.17, 15) is 9.59 Å². The van der Waals surface area contributed by atoms with Crippen LogP contribution in [0.5, 0.6) is 0 Å². The van der Waals surface area contributed by atoms with Gasteiger partial charge in [-0.05, 0) is 31.7 Å². The molecule has 0 aliphatic carbocycles. The van der Waals surface area contributed by atoms with Crippen molar-refractivity contribution in [3.05, 3.63) is 35.4 Å². The number of rotatable bonds is 6. The molecule has 1 aromatic rings. The molecule has 1 aromatic carbocycles. The van der Waals surface area contributed by atoms with Crippen LogP contribution < -0.4 is 5.32 Å². The van der Waals surface area contributed by atoms with Crippen LogP contribution in [0.4, 0.5) is 0 Å². The zero-order valence-corrected chi connectivity index (χ0v) is 14.3. The third-order valence-electron chi connectivity index (χ3n) is 4.51. The van der Waals surface area contributed by atoms with Crippen LogP contribution in [0.1, 0.15) is 50.2 Å². The van der Waals surface area contributed by atoms with Gasteiger partial charge in [0.25, 0.3) is 0 Å². The highest BCUT2D eigenvalue weighted by Gasteiger charge is 2.26. The Morgan fingerprint density at radius 3 is 2.65 bits per heavy atom. The Hall–Kier alpha value is -1.84. The number of carbonyl (C=O) groups excluding carboxylic acids is 2. The van der Waals surface area contributed by atoms with E-state index in [1.54, 1.807) is 0 Å². The van der Waals surface area contributed by atoms with Crippen molar-refractivity contribution in [2.75, 3.05) is 13.1 Å². The van der Waals surface area contributed by atoms with Crippen molar-refractivity contribution in [2.45, 2.75) is 52.5 Å². The van der Waals surface area contributed by atoms with Crippen LogP contribution in [0.2, 0.25) is 0 Å². The highest BCUT2D eigenvalue weighted by atomic mass is 16.2. The summed E-state index contributed by atoms with van der Waals surface area (Å²) in [6, 6.07) is 8.19. The topological polar surface area (TPSA) is 49.4 Å². The maximum Gasteiger partial charge on any atom is 0.223 e. The fourth-order valence-corrected chi connectivity index (χ4v) is 3.03. The van der Waals surface area contributed by atoms with E-state index in [4.69, 9.17) is 0 Å². The number of likely N-dealkylation sites (tertiary alicyclic amines) is 1. The molecule has 1 saturated heterocycles. The molecule has 2 rings (SSSR count). The molecule has 2 amide bonds. The first-order valence-electron chi connectivity index (χ1n) is 8.71. The summed E-state index contributed by atoms with van der Waals surface area (Å²) in [5.41, 5.74) is 2.33. The van der Waals surface area contributed by atoms with Gasteiger partial charge in [-0.3, -0.25) is 9.59 Å². The Kier molecular flexibility index (Phi) is 6.63. The maximum absolute atomic E-state index is 12.3. The van der Waals surface area contributed by atoms with Gasteiger partial charge in [0.15, 0.2) is 0 Å². The number of nitrogens with zero attached hydrogens (tertiary/aromatic N) is 1. The van der Waals surface area contributed by atoms with Gasteiger partial charge in [0.05, 0.1) is 0 Å². The number of hydrogen-bond acceptors (Lipinski definition) is 2. The Morgan fingerprint density at radius 2 is 2.00 bits per heavy atom. The number of hydrogen-bond donors (Lipinski definition) is 1. The molecule has 1 aliphatic heterocycles. The number of nitrogens with one attached hydrogen (secondary N) is 1. The van der Waals surface area contributed by atoms with Gasteiger partial charge >= 0.3 is 0 Å². The number of piperidine rings is 1. The van der Waals surface area contributed by atoms with Gasteiger partial charge < -0.3 is 10.2 Å². The van der Waals surface area contributed by atoms with Gasteiger partial charge in [-0.15, -0.1) is 0 Å². The van der Waals surface area contributed by atoms with Crippen molar-refractivity contribution < 1.29 is 9.59 Å². The lowest BCUT2D eigenvalue weighted by Gasteiger charge is -2.31. The van der Waals surface area contributed by atoms with E-state index < -0.39 is 0 Å². The third-order valence-corrected chi connectivity index (χ3v) is 4.51. The molecule has 0 unspecified atom stereocenters. The van der Waals surface area contributed by atoms with Gasteiger partial charge in [-0.1, -0.05) is 43.2 Å². The molecule has 0 atom stereocenters. The van der Waals surface area contributed by atoms with Gasteiger partial charge in [0, 0.05) is 32.0 Å². The van der Waals surface area contributed by atoms with Crippen LogP contribution in [-0.4, -0.2) is 29.8 Å². The van der Waals surface area contributed by atoms with Crippen LogP contribution in [0.3, 0.4) is 0 Å². The Balaban J connectivity index is 1.74. The second kappa shape index (κ2) is 8.70. The van der Waals surface area contributed by atoms with E-state index in [-0.39, 0.29) is 17.7 Å². The highest BCUT2D eigenvalue weighted by molar-refractivity contribution is 5.80. The van der Waals surface area contributed by atoms with Crippen molar-refractivity contribution in [1.82, 2.24) is 10.2 Å². The van der Waals surface area contributed by atoms with Crippen molar-refractivity contribution >= 4 is 11.8 Å². The molecule has 0 radical (unpaired) electrons. The van der Waals surface area contributed by atoms with Crippen LogP contribution in [0, 0.1) is 12.8 Å². The zero-order valence-electron chi connectivity index (χ0n) is 14.3. The smallest absolute Gasteiger partial charge is 0.223 e. The normalized spacial score (nSPS) is 15.5. The first kappa shape index (κ1) is 17.5. The SMILES string of the molecule is CCCCC(=O)N1CCC(C(=O)NCc2cccc(C)c2)CC1. The number of carbonyl (C=O) groups is 2. The molecule has 1 heterocycles. The Bertz CT molecular complexity index is 534. The van der Waals surface area contributed by atoms with Crippen molar-refractivity contribution in [2.24, 2.45) is 5.92 Å². The lowest BCUT2D eigenvalue weighted by Crippen LogP contribution is -2.42. The van der Waals surface area contributed by atoms with Gasteiger partial charge in [0.1, 0.15) is 0 Å². The molecule has 0 bridgehead atoms. The summed E-state index contributed by atoms with van der Waals surface area (Å²) >= 11 is 0. The van der Waals surface area contributed by atoms with Crippen LogP contribution in [0.15, 0.2) is 24.3 Å². The monoisotopic (exact) mass is 316 g/mol. The fraction of sp³-hybridized carbons (Fsp3) is 0.579. The number of benzene rings is 1. The standard InChI is InChI=1S/C19H28N2O2/c1-3-4-8-18(22)21-11-9-17(10-12-21)19(23)20-14-16-7-5-6-15(2)13-16/h5-7,13,17H,3-4,8-12,14H2,1-2H3,(H,20,23). The molecule has 4 heteroatoms. The van der Waals surface area contributed by atoms with Crippen LogP contribution in [-0.2, 0) is 16.1 Å². The minimum atomic E-state index is 0.0371. The van der Waals surface area contributed by atoms with E-state index in [1.165, 1.54) is 5.56 Å². The lowest BCUT2D eigenvalue weighted by atomic mass is 9.95. The van der Waals surface area contributed by atoms with Crippen LogP contribution >= 0.6 is 0 Å². The average molecular weight is 316 g/mol. The molecule has 1 fully saturated rings. The summed E-state index contributed by atoms with van der Waals surface area (Å²) in [7, 11) is 0. The number of aryl methyl sites for hydroxylation is 1. The molecule has 1 aliphatic rings. The quantitative estimate of drug-likeness (QED) is 0.877. The van der Waals surface area contributed by atoms with Gasteiger partial charge in [-0.25, -0.2) is 0 Å². The molecule has 23 heavy (non-hydrogen) atoms. The van der Waals surface area contributed by atoms with E-state index in [1.807, 2.05) is 17.0 Å². The summed E-state index contributed by atoms with van der Waals surface area (Å²) in [6.07, 6.45) is 4.19. The second-order valence-corrected chi connectivity index (χ2v) is 6.47. The predicted molar refractivity (Wildman–Crippen MR) is 91.9 cm³/mol. The summed E-state index contributed by atoms with van der Waals surface area (Å²) in [6.45, 7) is 6.15. The Labute approximate surface area is 139 Å². The van der Waals surface area contributed by atoms with Gasteiger partial charge in [0.2, 0.25) is 11.8 Å². The maximum atomic E-state index is 12.3. The number of unbranched alkanes of at least 4 members (excludes halogenated alkanes) is 1. The lowest BCUT2D eigenvalue weighted by molar-refractivity contribution is -0.135. The zero-order chi connectivity index (χ0) is 16.7. The summed E-state index contributed by atoms with van der Waals surface area (Å²) in [4.78, 5) is 26.2. The molecule has 4 nitrogen and oxygen atoms in total. The van der Waals surface area contributed by atoms with E-state index in [0.29, 0.717) is 26.1 Å². The van der Waals surface area contributed by atoms with E-state index >= 15 is 0 Å². The first-order valence-corrected chi connectivity index (χ1v) is 8.71. The molecule has 0 spiro atoms. The van der Waals surface area contributed by atoms with Crippen molar-refractivity contribution in [3.8, 4) is 0 Å². The summed E-state index contributed by atoms with van der Waals surface area (Å²) in [5.74, 6) is 0.396. The summed E-state index contributed by atoms with van der Waals surface area (Å²) < 4.78 is 0. The average Bonchev–Trinajstić information content (AvgIpc) is 2.57. The molecular weight excluding hydrogens is 288 g/mol. The summed E-state index contributed by atoms with van der Waals surface area (Å²) in [5, 5.41) is 3.03. The number of amides is 2. The molecule has 1 N–H and O–H groups in total. The largest absolute Gasteiger partial charge is 0.352 e.